The van der Waals surface area contributed by atoms with Gasteiger partial charge in [0.15, 0.2) is 0 Å². The number of carbonyl (C=O) groups is 1. The molecule has 1 atom stereocenters. The van der Waals surface area contributed by atoms with Gasteiger partial charge in [0.25, 0.3) is 0 Å². The molecule has 1 aliphatic rings. The Morgan fingerprint density at radius 2 is 1.70 bits per heavy atom. The molecule has 1 aliphatic heterocycles. The van der Waals surface area contributed by atoms with Crippen LogP contribution in [0.15, 0.2) is 59.8 Å². The summed E-state index contributed by atoms with van der Waals surface area (Å²) in [5, 5.41) is 12.3. The van der Waals surface area contributed by atoms with Gasteiger partial charge in [0.1, 0.15) is 5.75 Å². The number of hydrogen-bond acceptors (Lipinski definition) is 7. The number of aromatic nitrogens is 4. The van der Waals surface area contributed by atoms with E-state index < -0.39 is 0 Å². The van der Waals surface area contributed by atoms with Gasteiger partial charge in [-0.05, 0) is 53.7 Å². The van der Waals surface area contributed by atoms with E-state index in [0.29, 0.717) is 18.2 Å². The minimum Gasteiger partial charge on any atom is -0.497 e. The fourth-order valence-corrected chi connectivity index (χ4v) is 4.32. The maximum Gasteiger partial charge on any atom is 0.236 e. The lowest BCUT2D eigenvalue weighted by Crippen LogP contribution is -2.50. The first-order valence-electron chi connectivity index (χ1n) is 9.84. The van der Waals surface area contributed by atoms with Gasteiger partial charge in [0, 0.05) is 31.9 Å². The first-order valence-corrected chi connectivity index (χ1v) is 10.7. The lowest BCUT2D eigenvalue weighted by Gasteiger charge is -2.37. The Hall–Kier alpha value is -3.07. The number of nitrogens with zero attached hydrogens (tertiary/aromatic N) is 6. The summed E-state index contributed by atoms with van der Waals surface area (Å²) >= 11 is 1.37. The molecule has 0 spiro atoms. The topological polar surface area (TPSA) is 76.4 Å². The summed E-state index contributed by atoms with van der Waals surface area (Å²) in [4.78, 5) is 17.2. The van der Waals surface area contributed by atoms with Crippen molar-refractivity contribution in [1.29, 1.82) is 0 Å². The number of ether oxygens (including phenoxy) is 1. The number of para-hydroxylation sites is 1. The fraction of sp³-hybridized carbons (Fsp3) is 0.333. The molecule has 1 aromatic heterocycles. The van der Waals surface area contributed by atoms with Crippen molar-refractivity contribution in [3.8, 4) is 11.4 Å². The van der Waals surface area contributed by atoms with Gasteiger partial charge < -0.3 is 14.5 Å². The predicted octanol–water partition coefficient (Wildman–Crippen LogP) is 2.50. The SMILES string of the molecule is COc1ccc(-n2nnnc2SC(C)C(=O)N2CCN(c3ccccc3)CC2)cc1. The van der Waals surface area contributed by atoms with E-state index in [9.17, 15) is 4.79 Å². The standard InChI is InChI=1S/C21H24N6O2S/c1-16(20(28)26-14-12-25(13-15-26)17-6-4-3-5-7-17)30-21-22-23-24-27(21)18-8-10-19(29-2)11-9-18/h3-11,16H,12-15H2,1-2H3. The third-order valence-electron chi connectivity index (χ3n) is 5.10. The van der Waals surface area contributed by atoms with Crippen LogP contribution in [-0.4, -0.2) is 69.6 Å². The van der Waals surface area contributed by atoms with Crippen molar-refractivity contribution in [3.05, 3.63) is 54.6 Å². The van der Waals surface area contributed by atoms with Gasteiger partial charge in [-0.15, -0.1) is 5.10 Å². The van der Waals surface area contributed by atoms with Crippen LogP contribution in [0.2, 0.25) is 0 Å². The monoisotopic (exact) mass is 424 g/mol. The van der Waals surface area contributed by atoms with Gasteiger partial charge in [0.2, 0.25) is 11.1 Å². The first kappa shape index (κ1) is 20.2. The molecule has 3 aromatic rings. The molecule has 0 N–H and O–H groups in total. The van der Waals surface area contributed by atoms with Gasteiger partial charge in [0.05, 0.1) is 18.0 Å². The summed E-state index contributed by atoms with van der Waals surface area (Å²) in [5.74, 6) is 0.871. The number of benzene rings is 2. The van der Waals surface area contributed by atoms with Crippen LogP contribution in [0.4, 0.5) is 5.69 Å². The minimum atomic E-state index is -0.281. The molecule has 2 heterocycles. The van der Waals surface area contributed by atoms with Crippen LogP contribution in [-0.2, 0) is 4.79 Å². The van der Waals surface area contributed by atoms with Crippen molar-refractivity contribution in [3.63, 3.8) is 0 Å². The van der Waals surface area contributed by atoms with Crippen LogP contribution in [0.1, 0.15) is 6.92 Å². The third kappa shape index (κ3) is 4.40. The van der Waals surface area contributed by atoms with Crippen molar-refractivity contribution < 1.29 is 9.53 Å². The van der Waals surface area contributed by atoms with Crippen molar-refractivity contribution in [1.82, 2.24) is 25.1 Å². The van der Waals surface area contributed by atoms with Crippen molar-refractivity contribution >= 4 is 23.4 Å². The van der Waals surface area contributed by atoms with Crippen LogP contribution in [0.25, 0.3) is 5.69 Å². The largest absolute Gasteiger partial charge is 0.497 e. The highest BCUT2D eigenvalue weighted by Gasteiger charge is 2.27. The quantitative estimate of drug-likeness (QED) is 0.563. The van der Waals surface area contributed by atoms with E-state index in [2.05, 4.69) is 32.6 Å². The highest BCUT2D eigenvalue weighted by atomic mass is 32.2. The molecule has 1 saturated heterocycles. The number of anilines is 1. The Labute approximate surface area is 179 Å². The summed E-state index contributed by atoms with van der Waals surface area (Å²) in [7, 11) is 1.63. The summed E-state index contributed by atoms with van der Waals surface area (Å²) in [6.45, 7) is 4.99. The molecule has 8 nitrogen and oxygen atoms in total. The summed E-state index contributed by atoms with van der Waals surface area (Å²) in [6, 6.07) is 17.8. The van der Waals surface area contributed by atoms with Crippen molar-refractivity contribution in [2.45, 2.75) is 17.3 Å². The van der Waals surface area contributed by atoms with Gasteiger partial charge in [-0.1, -0.05) is 30.0 Å². The zero-order chi connectivity index (χ0) is 20.9. The molecule has 1 unspecified atom stereocenters. The molecule has 4 rings (SSSR count). The molecule has 1 fully saturated rings. The Balaban J connectivity index is 1.37. The second kappa shape index (κ2) is 9.17. The Kier molecular flexibility index (Phi) is 6.18. The Morgan fingerprint density at radius 1 is 1.00 bits per heavy atom. The second-order valence-corrected chi connectivity index (χ2v) is 8.29. The lowest BCUT2D eigenvalue weighted by molar-refractivity contribution is -0.130. The molecule has 0 aliphatic carbocycles. The average molecular weight is 425 g/mol. The van der Waals surface area contributed by atoms with E-state index in [1.165, 1.54) is 17.4 Å². The number of amides is 1. The van der Waals surface area contributed by atoms with Gasteiger partial charge in [-0.25, -0.2) is 0 Å². The average Bonchev–Trinajstić information content (AvgIpc) is 3.27. The van der Waals surface area contributed by atoms with E-state index in [4.69, 9.17) is 4.74 Å². The zero-order valence-corrected chi connectivity index (χ0v) is 17.8. The predicted molar refractivity (Wildman–Crippen MR) is 116 cm³/mol. The molecule has 0 radical (unpaired) electrons. The number of rotatable bonds is 6. The normalized spacial score (nSPS) is 15.1. The number of methoxy groups -OCH3 is 1. The van der Waals surface area contributed by atoms with Crippen LogP contribution in [0, 0.1) is 0 Å². The van der Waals surface area contributed by atoms with E-state index in [1.54, 1.807) is 11.8 Å². The maximum absolute atomic E-state index is 13.0. The highest BCUT2D eigenvalue weighted by Crippen LogP contribution is 2.26. The van der Waals surface area contributed by atoms with Gasteiger partial charge in [-0.2, -0.15) is 4.68 Å². The lowest BCUT2D eigenvalue weighted by atomic mass is 10.2. The van der Waals surface area contributed by atoms with E-state index >= 15 is 0 Å². The molecule has 30 heavy (non-hydrogen) atoms. The molecule has 0 bridgehead atoms. The van der Waals surface area contributed by atoms with E-state index in [0.717, 1.165) is 24.5 Å². The molecule has 1 amide bonds. The summed E-state index contributed by atoms with van der Waals surface area (Å²) in [6.07, 6.45) is 0. The zero-order valence-electron chi connectivity index (χ0n) is 17.0. The molecule has 9 heteroatoms. The molecular formula is C21H24N6O2S. The van der Waals surface area contributed by atoms with E-state index in [1.807, 2.05) is 54.3 Å². The second-order valence-electron chi connectivity index (χ2n) is 6.98. The van der Waals surface area contributed by atoms with Gasteiger partial charge in [-0.3, -0.25) is 4.79 Å². The number of carbonyl (C=O) groups excluding carboxylic acids is 1. The van der Waals surface area contributed by atoms with Crippen LogP contribution in [0.5, 0.6) is 5.75 Å². The maximum atomic E-state index is 13.0. The first-order chi connectivity index (χ1) is 14.7. The minimum absolute atomic E-state index is 0.108. The molecule has 2 aromatic carbocycles. The summed E-state index contributed by atoms with van der Waals surface area (Å²) < 4.78 is 6.84. The van der Waals surface area contributed by atoms with Crippen molar-refractivity contribution in [2.24, 2.45) is 0 Å². The Bertz CT molecular complexity index is 971. The van der Waals surface area contributed by atoms with Crippen LogP contribution >= 0.6 is 11.8 Å². The number of tetrazole rings is 1. The van der Waals surface area contributed by atoms with Crippen LogP contribution < -0.4 is 9.64 Å². The fourth-order valence-electron chi connectivity index (χ4n) is 3.43. The van der Waals surface area contributed by atoms with Crippen molar-refractivity contribution in [2.75, 3.05) is 38.2 Å². The van der Waals surface area contributed by atoms with Gasteiger partial charge >= 0.3 is 0 Å². The van der Waals surface area contributed by atoms with Crippen LogP contribution in [0.3, 0.4) is 0 Å². The molecule has 0 saturated carbocycles. The number of hydrogen-bond donors (Lipinski definition) is 0. The number of piperazine rings is 1. The highest BCUT2D eigenvalue weighted by molar-refractivity contribution is 8.00. The van der Waals surface area contributed by atoms with E-state index in [-0.39, 0.29) is 11.2 Å². The summed E-state index contributed by atoms with van der Waals surface area (Å²) in [5.41, 5.74) is 2.02. The molecule has 156 valence electrons. The Morgan fingerprint density at radius 3 is 2.37 bits per heavy atom. The molecular weight excluding hydrogens is 400 g/mol. The number of thioether (sulfide) groups is 1. The smallest absolute Gasteiger partial charge is 0.236 e. The third-order valence-corrected chi connectivity index (χ3v) is 6.12.